The van der Waals surface area contributed by atoms with E-state index in [0.29, 0.717) is 12.5 Å². The lowest BCUT2D eigenvalue weighted by Gasteiger charge is -2.21. The van der Waals surface area contributed by atoms with Crippen molar-refractivity contribution in [1.29, 1.82) is 0 Å². The monoisotopic (exact) mass is 406 g/mol. The van der Waals surface area contributed by atoms with E-state index in [0.717, 1.165) is 35.5 Å². The van der Waals surface area contributed by atoms with Crippen molar-refractivity contribution in [2.24, 2.45) is 0 Å². The van der Waals surface area contributed by atoms with Crippen LogP contribution in [0.1, 0.15) is 43.7 Å². The predicted octanol–water partition coefficient (Wildman–Crippen LogP) is 5.65. The summed E-state index contributed by atoms with van der Waals surface area (Å²) in [4.78, 5) is 19.2. The molecular formula is C24H26N2O2S. The van der Waals surface area contributed by atoms with Crippen molar-refractivity contribution in [3.63, 3.8) is 0 Å². The lowest BCUT2D eigenvalue weighted by atomic mass is 10.0. The van der Waals surface area contributed by atoms with Gasteiger partial charge in [0.15, 0.2) is 0 Å². The van der Waals surface area contributed by atoms with E-state index in [1.54, 1.807) is 11.3 Å². The first-order valence-corrected chi connectivity index (χ1v) is 11.0. The number of likely N-dealkylation sites (tertiary alicyclic amines) is 1. The predicted molar refractivity (Wildman–Crippen MR) is 118 cm³/mol. The van der Waals surface area contributed by atoms with Crippen molar-refractivity contribution >= 4 is 17.3 Å². The number of hydrogen-bond acceptors (Lipinski definition) is 4. The Kier molecular flexibility index (Phi) is 5.79. The zero-order valence-corrected chi connectivity index (χ0v) is 17.7. The fraction of sp³-hybridized carbons (Fsp3) is 0.333. The minimum absolute atomic E-state index is 0.349. The molecule has 1 aliphatic heterocycles. The zero-order valence-electron chi connectivity index (χ0n) is 16.8. The van der Waals surface area contributed by atoms with E-state index in [1.165, 1.54) is 16.0 Å². The summed E-state index contributed by atoms with van der Waals surface area (Å²) >= 11 is 1.70. The highest BCUT2D eigenvalue weighted by Gasteiger charge is 2.30. The van der Waals surface area contributed by atoms with Gasteiger partial charge in [0.2, 0.25) is 0 Å². The van der Waals surface area contributed by atoms with Crippen LogP contribution in [0.15, 0.2) is 54.7 Å². The zero-order chi connectivity index (χ0) is 20.4. The van der Waals surface area contributed by atoms with Crippen molar-refractivity contribution in [2.75, 3.05) is 6.54 Å². The molecule has 0 spiro atoms. The molecule has 1 N–H and O–H groups in total. The quantitative estimate of drug-likeness (QED) is 0.575. The standard InChI is InChI=1S/C24H26N2O2S/c1-16(2)18-9-11-19(12-10-18)22-14-25-23(29-22)20-7-5-17(6-8-20)15-26-13-3-4-21(26)24(27)28/h5-12,14,16,21H,3-4,13,15H2,1-2H3,(H,27,28)/t21-/m0/s1. The number of aromatic nitrogens is 1. The van der Waals surface area contributed by atoms with Crippen LogP contribution in [0, 0.1) is 0 Å². The number of carboxylic acids is 1. The van der Waals surface area contributed by atoms with Gasteiger partial charge in [0.05, 0.1) is 4.88 Å². The lowest BCUT2D eigenvalue weighted by molar-refractivity contribution is -0.142. The molecule has 0 aliphatic carbocycles. The van der Waals surface area contributed by atoms with E-state index >= 15 is 0 Å². The van der Waals surface area contributed by atoms with E-state index in [2.05, 4.69) is 72.3 Å². The molecule has 0 bridgehead atoms. The molecule has 1 aliphatic rings. The topological polar surface area (TPSA) is 53.4 Å². The second-order valence-electron chi connectivity index (χ2n) is 7.97. The van der Waals surface area contributed by atoms with Gasteiger partial charge in [-0.15, -0.1) is 11.3 Å². The van der Waals surface area contributed by atoms with Crippen molar-refractivity contribution in [3.8, 4) is 21.0 Å². The highest BCUT2D eigenvalue weighted by molar-refractivity contribution is 7.18. The second kappa shape index (κ2) is 8.47. The molecule has 5 heteroatoms. The summed E-state index contributed by atoms with van der Waals surface area (Å²) in [5, 5.41) is 10.3. The first-order chi connectivity index (χ1) is 14.0. The molecule has 2 aromatic carbocycles. The van der Waals surface area contributed by atoms with Gasteiger partial charge in [-0.2, -0.15) is 0 Å². The van der Waals surface area contributed by atoms with E-state index < -0.39 is 5.97 Å². The second-order valence-corrected chi connectivity index (χ2v) is 9.00. The first kappa shape index (κ1) is 19.8. The van der Waals surface area contributed by atoms with Gasteiger partial charge in [0.1, 0.15) is 11.0 Å². The van der Waals surface area contributed by atoms with Crippen molar-refractivity contribution < 1.29 is 9.90 Å². The molecule has 150 valence electrons. The van der Waals surface area contributed by atoms with Gasteiger partial charge in [0, 0.05) is 18.3 Å². The Morgan fingerprint density at radius 1 is 1.14 bits per heavy atom. The maximum absolute atomic E-state index is 11.4. The summed E-state index contributed by atoms with van der Waals surface area (Å²) in [5.41, 5.74) is 4.78. The Labute approximate surface area is 175 Å². The van der Waals surface area contributed by atoms with Crippen LogP contribution >= 0.6 is 11.3 Å². The Morgan fingerprint density at radius 3 is 2.48 bits per heavy atom. The SMILES string of the molecule is CC(C)c1ccc(-c2cnc(-c3ccc(CN4CCC[C@H]4C(=O)O)cc3)s2)cc1. The summed E-state index contributed by atoms with van der Waals surface area (Å²) in [7, 11) is 0. The molecule has 2 heterocycles. The van der Waals surface area contributed by atoms with Crippen LogP contribution in [-0.2, 0) is 11.3 Å². The minimum atomic E-state index is -0.712. The largest absolute Gasteiger partial charge is 0.480 e. The number of carbonyl (C=O) groups is 1. The Hall–Kier alpha value is -2.50. The van der Waals surface area contributed by atoms with Gasteiger partial charge in [-0.3, -0.25) is 9.69 Å². The molecule has 0 amide bonds. The molecular weight excluding hydrogens is 380 g/mol. The number of benzene rings is 2. The van der Waals surface area contributed by atoms with Gasteiger partial charge in [-0.05, 0) is 42.0 Å². The van der Waals surface area contributed by atoms with Crippen molar-refractivity contribution in [2.45, 2.75) is 45.2 Å². The average molecular weight is 407 g/mol. The Balaban J connectivity index is 1.46. The van der Waals surface area contributed by atoms with E-state index in [1.807, 2.05) is 6.20 Å². The number of rotatable bonds is 6. The van der Waals surface area contributed by atoms with Crippen molar-refractivity contribution in [1.82, 2.24) is 9.88 Å². The molecule has 1 atom stereocenters. The van der Waals surface area contributed by atoms with Crippen LogP contribution in [0.5, 0.6) is 0 Å². The van der Waals surface area contributed by atoms with Crippen LogP contribution < -0.4 is 0 Å². The van der Waals surface area contributed by atoms with E-state index in [-0.39, 0.29) is 6.04 Å². The molecule has 4 rings (SSSR count). The fourth-order valence-electron chi connectivity index (χ4n) is 3.86. The molecule has 1 saturated heterocycles. The third kappa shape index (κ3) is 4.41. The third-order valence-electron chi connectivity index (χ3n) is 5.60. The van der Waals surface area contributed by atoms with Crippen LogP contribution in [0.3, 0.4) is 0 Å². The maximum atomic E-state index is 11.4. The molecule has 1 aromatic heterocycles. The van der Waals surface area contributed by atoms with Gasteiger partial charge >= 0.3 is 5.97 Å². The molecule has 3 aromatic rings. The van der Waals surface area contributed by atoms with Gasteiger partial charge in [-0.1, -0.05) is 62.4 Å². The molecule has 0 radical (unpaired) electrons. The lowest BCUT2D eigenvalue weighted by Crippen LogP contribution is -2.35. The first-order valence-electron chi connectivity index (χ1n) is 10.1. The molecule has 1 fully saturated rings. The smallest absolute Gasteiger partial charge is 0.320 e. The summed E-state index contributed by atoms with van der Waals surface area (Å²) in [5.74, 6) is -0.179. The summed E-state index contributed by atoms with van der Waals surface area (Å²) in [6.45, 7) is 5.94. The van der Waals surface area contributed by atoms with Crippen LogP contribution in [-0.4, -0.2) is 33.5 Å². The number of thiazole rings is 1. The molecule has 29 heavy (non-hydrogen) atoms. The Morgan fingerprint density at radius 2 is 1.83 bits per heavy atom. The molecule has 0 unspecified atom stereocenters. The summed E-state index contributed by atoms with van der Waals surface area (Å²) in [6, 6.07) is 16.7. The highest BCUT2D eigenvalue weighted by Crippen LogP contribution is 2.33. The van der Waals surface area contributed by atoms with E-state index in [9.17, 15) is 9.90 Å². The molecule has 4 nitrogen and oxygen atoms in total. The Bertz CT molecular complexity index is 977. The van der Waals surface area contributed by atoms with Gasteiger partial charge in [0.25, 0.3) is 0 Å². The normalized spacial score (nSPS) is 17.1. The number of nitrogens with zero attached hydrogens (tertiary/aromatic N) is 2. The average Bonchev–Trinajstić information content (AvgIpc) is 3.38. The summed E-state index contributed by atoms with van der Waals surface area (Å²) < 4.78 is 0. The van der Waals surface area contributed by atoms with Crippen LogP contribution in [0.4, 0.5) is 0 Å². The van der Waals surface area contributed by atoms with E-state index in [4.69, 9.17) is 0 Å². The van der Waals surface area contributed by atoms with Gasteiger partial charge < -0.3 is 5.11 Å². The molecule has 0 saturated carbocycles. The third-order valence-corrected chi connectivity index (χ3v) is 6.70. The van der Waals surface area contributed by atoms with Crippen LogP contribution in [0.25, 0.3) is 21.0 Å². The number of aliphatic carboxylic acids is 1. The summed E-state index contributed by atoms with van der Waals surface area (Å²) in [6.07, 6.45) is 3.64. The highest BCUT2D eigenvalue weighted by atomic mass is 32.1. The maximum Gasteiger partial charge on any atom is 0.320 e. The number of carboxylic acid groups (broad SMARTS) is 1. The van der Waals surface area contributed by atoms with Crippen molar-refractivity contribution in [3.05, 3.63) is 65.9 Å². The number of hydrogen-bond donors (Lipinski definition) is 1. The van der Waals surface area contributed by atoms with Gasteiger partial charge in [-0.25, -0.2) is 4.98 Å². The fourth-order valence-corrected chi connectivity index (χ4v) is 4.78. The van der Waals surface area contributed by atoms with Crippen LogP contribution in [0.2, 0.25) is 0 Å². The minimum Gasteiger partial charge on any atom is -0.480 e.